The topological polar surface area (TPSA) is 58.1 Å². The van der Waals surface area contributed by atoms with E-state index in [0.717, 1.165) is 31.8 Å². The monoisotopic (exact) mass is 398 g/mol. The summed E-state index contributed by atoms with van der Waals surface area (Å²) in [6, 6.07) is 4.07. The van der Waals surface area contributed by atoms with Gasteiger partial charge < -0.3 is 25.0 Å². The van der Waals surface area contributed by atoms with Crippen LogP contribution in [0.1, 0.15) is 26.2 Å². The van der Waals surface area contributed by atoms with Crippen LogP contribution in [0.15, 0.2) is 23.2 Å². The van der Waals surface area contributed by atoms with Crippen LogP contribution in [-0.4, -0.2) is 65.1 Å². The molecule has 8 heteroatoms. The second kappa shape index (κ2) is 12.5. The molecule has 1 fully saturated rings. The Morgan fingerprint density at radius 3 is 2.71 bits per heavy atom. The Kier molecular flexibility index (Phi) is 9.99. The molecule has 0 aliphatic carbocycles. The number of anilines is 1. The van der Waals surface area contributed by atoms with Crippen LogP contribution < -0.4 is 15.5 Å². The molecule has 1 unspecified atom stereocenters. The molecule has 1 aromatic carbocycles. The summed E-state index contributed by atoms with van der Waals surface area (Å²) in [4.78, 5) is 6.34. The molecule has 1 aliphatic heterocycles. The van der Waals surface area contributed by atoms with E-state index in [1.807, 2.05) is 6.92 Å². The van der Waals surface area contributed by atoms with Crippen molar-refractivity contribution in [3.8, 4) is 0 Å². The van der Waals surface area contributed by atoms with Crippen molar-refractivity contribution < 1.29 is 18.3 Å². The lowest BCUT2D eigenvalue weighted by atomic mass is 10.2. The zero-order valence-corrected chi connectivity index (χ0v) is 16.8. The maximum Gasteiger partial charge on any atom is 0.191 e. The van der Waals surface area contributed by atoms with E-state index in [4.69, 9.17) is 9.47 Å². The molecule has 1 atom stereocenters. The summed E-state index contributed by atoms with van der Waals surface area (Å²) in [6.07, 6.45) is 2.67. The Bertz CT molecular complexity index is 596. The van der Waals surface area contributed by atoms with Gasteiger partial charge in [0.15, 0.2) is 5.96 Å². The summed E-state index contributed by atoms with van der Waals surface area (Å²) in [5.41, 5.74) is 0.0576. The second-order valence-electron chi connectivity index (χ2n) is 6.72. The first-order valence-electron chi connectivity index (χ1n) is 9.96. The molecule has 0 aromatic heterocycles. The number of unbranched alkanes of at least 4 members (excludes halogenated alkanes) is 1. The summed E-state index contributed by atoms with van der Waals surface area (Å²) in [5, 5.41) is 6.61. The molecule has 28 heavy (non-hydrogen) atoms. The lowest BCUT2D eigenvalue weighted by molar-refractivity contribution is 0.0690. The quantitative estimate of drug-likeness (QED) is 0.341. The largest absolute Gasteiger partial charge is 0.382 e. The van der Waals surface area contributed by atoms with E-state index in [2.05, 4.69) is 15.6 Å². The molecule has 158 valence electrons. The average Bonchev–Trinajstić information content (AvgIpc) is 3.12. The summed E-state index contributed by atoms with van der Waals surface area (Å²) in [5.74, 6) is -0.299. The highest BCUT2D eigenvalue weighted by Crippen LogP contribution is 2.26. The van der Waals surface area contributed by atoms with Crippen LogP contribution in [0.2, 0.25) is 0 Å². The summed E-state index contributed by atoms with van der Waals surface area (Å²) >= 11 is 0. The zero-order valence-electron chi connectivity index (χ0n) is 16.8. The van der Waals surface area contributed by atoms with E-state index in [9.17, 15) is 8.78 Å². The summed E-state index contributed by atoms with van der Waals surface area (Å²) in [7, 11) is 1.66. The van der Waals surface area contributed by atoms with Crippen LogP contribution in [0.4, 0.5) is 14.5 Å². The molecule has 6 nitrogen and oxygen atoms in total. The van der Waals surface area contributed by atoms with Crippen molar-refractivity contribution in [2.45, 2.75) is 32.2 Å². The maximum atomic E-state index is 14.0. The van der Waals surface area contributed by atoms with Gasteiger partial charge >= 0.3 is 0 Å². The molecule has 1 heterocycles. The predicted molar refractivity (Wildman–Crippen MR) is 108 cm³/mol. The third kappa shape index (κ3) is 7.24. The van der Waals surface area contributed by atoms with Gasteiger partial charge in [-0.1, -0.05) is 6.07 Å². The summed E-state index contributed by atoms with van der Waals surface area (Å²) in [6.45, 7) is 6.53. The van der Waals surface area contributed by atoms with Gasteiger partial charge in [0.25, 0.3) is 0 Å². The molecule has 1 aliphatic rings. The first-order chi connectivity index (χ1) is 13.7. The van der Waals surface area contributed by atoms with Crippen LogP contribution in [0, 0.1) is 11.6 Å². The van der Waals surface area contributed by atoms with Gasteiger partial charge in [-0.25, -0.2) is 8.78 Å². The number of methoxy groups -OCH3 is 1. The molecular formula is C20H32F2N4O2. The minimum absolute atomic E-state index is 0.0576. The molecule has 0 saturated carbocycles. The van der Waals surface area contributed by atoms with E-state index < -0.39 is 11.6 Å². The molecule has 2 rings (SSSR count). The molecule has 2 N–H and O–H groups in total. The SMILES string of the molecule is CCNC(=NCCCCOCCOC)NC1CCN(c2c(F)cccc2F)C1. The Labute approximate surface area is 166 Å². The van der Waals surface area contributed by atoms with Crippen LogP contribution in [-0.2, 0) is 9.47 Å². The highest BCUT2D eigenvalue weighted by molar-refractivity contribution is 5.80. The molecule has 0 radical (unpaired) electrons. The van der Waals surface area contributed by atoms with Crippen molar-refractivity contribution in [2.75, 3.05) is 58.0 Å². The lowest BCUT2D eigenvalue weighted by Gasteiger charge is -2.21. The minimum atomic E-state index is -0.519. The Balaban J connectivity index is 1.77. The van der Waals surface area contributed by atoms with Gasteiger partial charge in [0.05, 0.1) is 13.2 Å². The number of para-hydroxylation sites is 1. The maximum absolute atomic E-state index is 14.0. The Hall–Kier alpha value is -1.93. The molecule has 0 spiro atoms. The zero-order chi connectivity index (χ0) is 20.2. The Morgan fingerprint density at radius 1 is 1.21 bits per heavy atom. The van der Waals surface area contributed by atoms with Crippen LogP contribution >= 0.6 is 0 Å². The first kappa shape index (κ1) is 22.4. The Morgan fingerprint density at radius 2 is 2.00 bits per heavy atom. The van der Waals surface area contributed by atoms with Crippen molar-refractivity contribution in [3.63, 3.8) is 0 Å². The van der Waals surface area contributed by atoms with Gasteiger partial charge in [-0.15, -0.1) is 0 Å². The number of guanidine groups is 1. The van der Waals surface area contributed by atoms with Gasteiger partial charge in [0, 0.05) is 45.9 Å². The highest BCUT2D eigenvalue weighted by Gasteiger charge is 2.27. The highest BCUT2D eigenvalue weighted by atomic mass is 19.1. The third-order valence-corrected chi connectivity index (χ3v) is 4.53. The van der Waals surface area contributed by atoms with E-state index in [-0.39, 0.29) is 11.7 Å². The van der Waals surface area contributed by atoms with Crippen molar-refractivity contribution in [1.29, 1.82) is 0 Å². The number of nitrogens with zero attached hydrogens (tertiary/aromatic N) is 2. The number of ether oxygens (including phenoxy) is 2. The minimum Gasteiger partial charge on any atom is -0.382 e. The van der Waals surface area contributed by atoms with Gasteiger partial charge in [0.1, 0.15) is 17.3 Å². The molecule has 0 bridgehead atoms. The molecule has 0 amide bonds. The number of benzene rings is 1. The van der Waals surface area contributed by atoms with E-state index in [0.29, 0.717) is 39.5 Å². The van der Waals surface area contributed by atoms with Crippen LogP contribution in [0.3, 0.4) is 0 Å². The standard InChI is InChI=1S/C20H32F2N4O2/c1-3-23-20(24-10-4-5-12-28-14-13-27-2)25-16-9-11-26(15-16)19-17(21)7-6-8-18(19)22/h6-8,16H,3-5,9-15H2,1-2H3,(H2,23,24,25). The van der Waals surface area contributed by atoms with E-state index in [1.165, 1.54) is 18.2 Å². The van der Waals surface area contributed by atoms with Gasteiger partial charge in [-0.05, 0) is 38.3 Å². The van der Waals surface area contributed by atoms with Crippen molar-refractivity contribution in [2.24, 2.45) is 4.99 Å². The number of rotatable bonds is 11. The number of hydrogen-bond acceptors (Lipinski definition) is 4. The predicted octanol–water partition coefficient (Wildman–Crippen LogP) is 2.54. The fourth-order valence-corrected chi connectivity index (χ4v) is 3.14. The molecule has 1 saturated heterocycles. The van der Waals surface area contributed by atoms with Gasteiger partial charge in [-0.2, -0.15) is 0 Å². The van der Waals surface area contributed by atoms with Crippen LogP contribution in [0.5, 0.6) is 0 Å². The number of halogens is 2. The molecule has 1 aromatic rings. The van der Waals surface area contributed by atoms with Gasteiger partial charge in [-0.3, -0.25) is 4.99 Å². The van der Waals surface area contributed by atoms with Crippen molar-refractivity contribution >= 4 is 11.6 Å². The first-order valence-corrected chi connectivity index (χ1v) is 9.96. The van der Waals surface area contributed by atoms with Crippen LogP contribution in [0.25, 0.3) is 0 Å². The number of aliphatic imine (C=N–C) groups is 1. The average molecular weight is 398 g/mol. The molecular weight excluding hydrogens is 366 g/mol. The second-order valence-corrected chi connectivity index (χ2v) is 6.72. The summed E-state index contributed by atoms with van der Waals surface area (Å²) < 4.78 is 38.4. The fraction of sp³-hybridized carbons (Fsp3) is 0.650. The normalized spacial score (nSPS) is 17.2. The van der Waals surface area contributed by atoms with E-state index in [1.54, 1.807) is 12.0 Å². The number of hydrogen-bond donors (Lipinski definition) is 2. The van der Waals surface area contributed by atoms with Crippen molar-refractivity contribution in [1.82, 2.24) is 10.6 Å². The smallest absolute Gasteiger partial charge is 0.191 e. The van der Waals surface area contributed by atoms with Crippen molar-refractivity contribution in [3.05, 3.63) is 29.8 Å². The van der Waals surface area contributed by atoms with E-state index >= 15 is 0 Å². The lowest BCUT2D eigenvalue weighted by Crippen LogP contribution is -2.44. The number of nitrogens with one attached hydrogen (secondary N) is 2. The third-order valence-electron chi connectivity index (χ3n) is 4.53. The van der Waals surface area contributed by atoms with Gasteiger partial charge in [0.2, 0.25) is 0 Å². The fourth-order valence-electron chi connectivity index (χ4n) is 3.14.